The third kappa shape index (κ3) is 3.61. The van der Waals surface area contributed by atoms with E-state index < -0.39 is 17.8 Å². The van der Waals surface area contributed by atoms with Crippen molar-refractivity contribution in [3.63, 3.8) is 0 Å². The Balaban J connectivity index is 3.10. The van der Waals surface area contributed by atoms with E-state index in [9.17, 15) is 13.2 Å². The Morgan fingerprint density at radius 1 is 1.29 bits per heavy atom. The summed E-state index contributed by atoms with van der Waals surface area (Å²) in [5.41, 5.74) is 5.39. The largest absolute Gasteiger partial charge is 0.417 e. The van der Waals surface area contributed by atoms with Gasteiger partial charge in [-0.05, 0) is 24.0 Å². The first-order valence-electron chi connectivity index (χ1n) is 5.34. The molecule has 0 heterocycles. The van der Waals surface area contributed by atoms with Crippen LogP contribution in [0.3, 0.4) is 0 Å². The lowest BCUT2D eigenvalue weighted by Gasteiger charge is -2.18. The van der Waals surface area contributed by atoms with Gasteiger partial charge in [-0.3, -0.25) is 0 Å². The molecule has 0 aliphatic heterocycles. The van der Waals surface area contributed by atoms with Crippen LogP contribution in [-0.2, 0) is 6.18 Å². The molecule has 1 aromatic rings. The summed E-state index contributed by atoms with van der Waals surface area (Å²) in [4.78, 5) is 0. The van der Waals surface area contributed by atoms with Gasteiger partial charge in [0.1, 0.15) is 0 Å². The van der Waals surface area contributed by atoms with Crippen LogP contribution in [-0.4, -0.2) is 0 Å². The quantitative estimate of drug-likeness (QED) is 0.861. The Bertz CT molecular complexity index is 388. The minimum atomic E-state index is -4.44. The molecule has 0 unspecified atom stereocenters. The maximum absolute atomic E-state index is 12.6. The molecule has 1 aromatic carbocycles. The average molecular weight is 266 g/mol. The highest BCUT2D eigenvalue weighted by Crippen LogP contribution is 2.38. The van der Waals surface area contributed by atoms with Crippen molar-refractivity contribution in [2.75, 3.05) is 0 Å². The fourth-order valence-electron chi connectivity index (χ4n) is 1.69. The minimum absolute atomic E-state index is 0.284. The monoisotopic (exact) mass is 265 g/mol. The molecule has 0 amide bonds. The van der Waals surface area contributed by atoms with Gasteiger partial charge in [-0.25, -0.2) is 0 Å². The highest BCUT2D eigenvalue weighted by Gasteiger charge is 2.34. The molecule has 0 saturated heterocycles. The maximum atomic E-state index is 12.6. The molecule has 0 aromatic heterocycles. The number of halogens is 4. The molecule has 0 saturated carbocycles. The van der Waals surface area contributed by atoms with Crippen molar-refractivity contribution < 1.29 is 13.2 Å². The normalized spacial score (nSPS) is 14.1. The molecule has 1 atom stereocenters. The second-order valence-corrected chi connectivity index (χ2v) is 4.82. The van der Waals surface area contributed by atoms with Crippen LogP contribution in [0.15, 0.2) is 18.2 Å². The fraction of sp³-hybridized carbons (Fsp3) is 0.500. The van der Waals surface area contributed by atoms with Gasteiger partial charge >= 0.3 is 6.18 Å². The Morgan fingerprint density at radius 2 is 1.88 bits per heavy atom. The Morgan fingerprint density at radius 3 is 2.35 bits per heavy atom. The number of rotatable bonds is 3. The van der Waals surface area contributed by atoms with E-state index in [0.717, 1.165) is 6.07 Å². The van der Waals surface area contributed by atoms with Gasteiger partial charge in [0, 0.05) is 6.04 Å². The third-order valence-corrected chi connectivity index (χ3v) is 2.88. The molecule has 1 nitrogen and oxygen atoms in total. The summed E-state index contributed by atoms with van der Waals surface area (Å²) >= 11 is 5.77. The summed E-state index contributed by atoms with van der Waals surface area (Å²) < 4.78 is 37.9. The Hall–Kier alpha value is -0.740. The molecule has 96 valence electrons. The van der Waals surface area contributed by atoms with Crippen LogP contribution in [0.5, 0.6) is 0 Å². The smallest absolute Gasteiger partial charge is 0.324 e. The van der Waals surface area contributed by atoms with Crippen LogP contribution in [0.1, 0.15) is 37.4 Å². The summed E-state index contributed by atoms with van der Waals surface area (Å²) in [5, 5.41) is -0.284. The van der Waals surface area contributed by atoms with Gasteiger partial charge in [-0.2, -0.15) is 13.2 Å². The topological polar surface area (TPSA) is 26.0 Å². The van der Waals surface area contributed by atoms with Crippen LogP contribution in [0.4, 0.5) is 13.2 Å². The van der Waals surface area contributed by atoms with Crippen molar-refractivity contribution in [1.29, 1.82) is 0 Å². The van der Waals surface area contributed by atoms with Crippen molar-refractivity contribution >= 4 is 11.6 Å². The van der Waals surface area contributed by atoms with Gasteiger partial charge in [0.05, 0.1) is 10.6 Å². The van der Waals surface area contributed by atoms with Gasteiger partial charge in [-0.1, -0.05) is 37.6 Å². The molecular formula is C12H15ClF3N. The van der Waals surface area contributed by atoms with Crippen molar-refractivity contribution in [2.45, 2.75) is 32.5 Å². The highest BCUT2D eigenvalue weighted by molar-refractivity contribution is 6.32. The predicted molar refractivity (Wildman–Crippen MR) is 62.8 cm³/mol. The zero-order valence-corrected chi connectivity index (χ0v) is 10.4. The van der Waals surface area contributed by atoms with E-state index >= 15 is 0 Å². The molecule has 0 aliphatic carbocycles. The molecule has 0 fully saturated rings. The van der Waals surface area contributed by atoms with E-state index in [1.54, 1.807) is 6.07 Å². The molecule has 17 heavy (non-hydrogen) atoms. The molecule has 2 N–H and O–H groups in total. The van der Waals surface area contributed by atoms with E-state index in [1.807, 2.05) is 13.8 Å². The molecule has 0 radical (unpaired) electrons. The maximum Gasteiger partial charge on any atom is 0.417 e. The van der Waals surface area contributed by atoms with Crippen LogP contribution < -0.4 is 5.73 Å². The van der Waals surface area contributed by atoms with Gasteiger partial charge in [-0.15, -0.1) is 0 Å². The SMILES string of the molecule is CC(C)C[C@H](N)c1cccc(C(F)(F)F)c1Cl. The molecule has 0 spiro atoms. The van der Waals surface area contributed by atoms with Crippen molar-refractivity contribution in [2.24, 2.45) is 11.7 Å². The van der Waals surface area contributed by atoms with Crippen LogP contribution >= 0.6 is 11.6 Å². The van der Waals surface area contributed by atoms with Crippen LogP contribution in [0, 0.1) is 5.92 Å². The molecule has 1 rings (SSSR count). The zero-order valence-electron chi connectivity index (χ0n) is 9.68. The second kappa shape index (κ2) is 5.27. The van der Waals surface area contributed by atoms with E-state index in [2.05, 4.69) is 0 Å². The number of nitrogens with two attached hydrogens (primary N) is 1. The van der Waals surface area contributed by atoms with Crippen molar-refractivity contribution in [1.82, 2.24) is 0 Å². The zero-order chi connectivity index (χ0) is 13.2. The first-order valence-corrected chi connectivity index (χ1v) is 5.72. The Kier molecular flexibility index (Phi) is 4.44. The fourth-order valence-corrected chi connectivity index (χ4v) is 2.06. The van der Waals surface area contributed by atoms with Crippen LogP contribution in [0.2, 0.25) is 5.02 Å². The van der Waals surface area contributed by atoms with Gasteiger partial charge < -0.3 is 5.73 Å². The first-order chi connectivity index (χ1) is 7.73. The summed E-state index contributed by atoms with van der Waals surface area (Å²) in [5.74, 6) is 0.301. The second-order valence-electron chi connectivity index (χ2n) is 4.44. The molecular weight excluding hydrogens is 251 g/mol. The Labute approximate surface area is 104 Å². The van der Waals surface area contributed by atoms with Gasteiger partial charge in [0.2, 0.25) is 0 Å². The van der Waals surface area contributed by atoms with Crippen LogP contribution in [0.25, 0.3) is 0 Å². The third-order valence-electron chi connectivity index (χ3n) is 2.46. The summed E-state index contributed by atoms with van der Waals surface area (Å²) in [6.45, 7) is 3.92. The first kappa shape index (κ1) is 14.3. The van der Waals surface area contributed by atoms with E-state index in [-0.39, 0.29) is 5.02 Å². The summed E-state index contributed by atoms with van der Waals surface area (Å²) in [6, 6.07) is 3.38. The van der Waals surface area contributed by atoms with Gasteiger partial charge in [0.15, 0.2) is 0 Å². The molecule has 5 heteroatoms. The van der Waals surface area contributed by atoms with Gasteiger partial charge in [0.25, 0.3) is 0 Å². The summed E-state index contributed by atoms with van der Waals surface area (Å²) in [6.07, 6.45) is -3.84. The standard InChI is InChI=1S/C12H15ClF3N/c1-7(2)6-10(17)8-4-3-5-9(11(8)13)12(14,15)16/h3-5,7,10H,6,17H2,1-2H3/t10-/m0/s1. The lowest BCUT2D eigenvalue weighted by atomic mass is 9.96. The lowest BCUT2D eigenvalue weighted by Crippen LogP contribution is -2.15. The molecule has 0 bridgehead atoms. The number of benzene rings is 1. The summed E-state index contributed by atoms with van der Waals surface area (Å²) in [7, 11) is 0. The highest BCUT2D eigenvalue weighted by atomic mass is 35.5. The lowest BCUT2D eigenvalue weighted by molar-refractivity contribution is -0.137. The van der Waals surface area contributed by atoms with Crippen molar-refractivity contribution in [3.8, 4) is 0 Å². The van der Waals surface area contributed by atoms with E-state index in [4.69, 9.17) is 17.3 Å². The number of alkyl halides is 3. The average Bonchev–Trinajstić information content (AvgIpc) is 2.14. The number of hydrogen-bond donors (Lipinski definition) is 1. The van der Waals surface area contributed by atoms with E-state index in [0.29, 0.717) is 17.9 Å². The van der Waals surface area contributed by atoms with E-state index in [1.165, 1.54) is 6.07 Å². The predicted octanol–water partition coefficient (Wildman–Crippen LogP) is 4.40. The molecule has 0 aliphatic rings. The number of hydrogen-bond acceptors (Lipinski definition) is 1. The van der Waals surface area contributed by atoms with Crippen molar-refractivity contribution in [3.05, 3.63) is 34.3 Å². The minimum Gasteiger partial charge on any atom is -0.324 e.